The van der Waals surface area contributed by atoms with Crippen molar-refractivity contribution in [1.29, 1.82) is 0 Å². The number of hydrogen-bond donors (Lipinski definition) is 2. The minimum atomic E-state index is -0.770. The topological polar surface area (TPSA) is 45.4 Å². The number of aromatic nitrogens is 1. The van der Waals surface area contributed by atoms with Gasteiger partial charge in [0.2, 0.25) is 0 Å². The number of nitrogens with zero attached hydrogens (tertiary/aromatic N) is 1. The standard InChI is InChI=1S/C19H27NO2/c1-14-6-8-17(9-7-14)20-12-15(10-18(2,3)21)16(13-20)11-19(4,5)22/h6-9,12-13,21-22H,10-11H2,1-5H3. The zero-order chi connectivity index (χ0) is 16.5. The molecule has 0 aliphatic carbocycles. The van der Waals surface area contributed by atoms with Crippen molar-refractivity contribution in [3.63, 3.8) is 0 Å². The fourth-order valence-electron chi connectivity index (χ4n) is 2.66. The van der Waals surface area contributed by atoms with E-state index in [1.165, 1.54) is 5.56 Å². The summed E-state index contributed by atoms with van der Waals surface area (Å²) in [5.41, 5.74) is 2.93. The molecule has 3 heteroatoms. The number of aryl methyl sites for hydroxylation is 1. The Morgan fingerprint density at radius 1 is 0.818 bits per heavy atom. The Labute approximate surface area is 133 Å². The largest absolute Gasteiger partial charge is 0.390 e. The van der Waals surface area contributed by atoms with Crippen LogP contribution in [0.25, 0.3) is 5.69 Å². The van der Waals surface area contributed by atoms with Crippen LogP contribution in [0, 0.1) is 6.92 Å². The first kappa shape index (κ1) is 16.8. The summed E-state index contributed by atoms with van der Waals surface area (Å²) in [6.45, 7) is 9.31. The molecule has 0 bridgehead atoms. The van der Waals surface area contributed by atoms with E-state index >= 15 is 0 Å². The predicted molar refractivity (Wildman–Crippen MR) is 90.5 cm³/mol. The zero-order valence-electron chi connectivity index (χ0n) is 14.2. The van der Waals surface area contributed by atoms with E-state index in [4.69, 9.17) is 0 Å². The van der Waals surface area contributed by atoms with Crippen LogP contribution in [0.4, 0.5) is 0 Å². The van der Waals surface area contributed by atoms with E-state index < -0.39 is 11.2 Å². The highest BCUT2D eigenvalue weighted by molar-refractivity contribution is 5.39. The molecular weight excluding hydrogens is 274 g/mol. The average Bonchev–Trinajstić information content (AvgIpc) is 2.68. The van der Waals surface area contributed by atoms with Gasteiger partial charge < -0.3 is 14.8 Å². The molecule has 0 fully saturated rings. The second-order valence-corrected chi connectivity index (χ2v) is 7.53. The van der Waals surface area contributed by atoms with Gasteiger partial charge >= 0.3 is 0 Å². The summed E-state index contributed by atoms with van der Waals surface area (Å²) in [5.74, 6) is 0. The van der Waals surface area contributed by atoms with Gasteiger partial charge in [-0.15, -0.1) is 0 Å². The fraction of sp³-hybridized carbons (Fsp3) is 0.474. The first-order valence-corrected chi connectivity index (χ1v) is 7.75. The van der Waals surface area contributed by atoms with Gasteiger partial charge in [0.15, 0.2) is 0 Å². The first-order chi connectivity index (χ1) is 10.0. The van der Waals surface area contributed by atoms with Crippen LogP contribution < -0.4 is 0 Å². The lowest BCUT2D eigenvalue weighted by molar-refractivity contribution is 0.0746. The van der Waals surface area contributed by atoms with Crippen LogP contribution in [0.2, 0.25) is 0 Å². The van der Waals surface area contributed by atoms with E-state index in [1.807, 2.05) is 27.7 Å². The number of hydrogen-bond acceptors (Lipinski definition) is 2. The van der Waals surface area contributed by atoms with Gasteiger partial charge in [0, 0.05) is 30.9 Å². The fourth-order valence-corrected chi connectivity index (χ4v) is 2.66. The van der Waals surface area contributed by atoms with Crippen LogP contribution >= 0.6 is 0 Å². The molecule has 0 spiro atoms. The molecule has 2 rings (SSSR count). The maximum Gasteiger partial charge on any atom is 0.0632 e. The predicted octanol–water partition coefficient (Wildman–Crippen LogP) is 3.41. The summed E-state index contributed by atoms with van der Waals surface area (Å²) in [5, 5.41) is 20.3. The number of benzene rings is 1. The highest BCUT2D eigenvalue weighted by Gasteiger charge is 2.22. The highest BCUT2D eigenvalue weighted by atomic mass is 16.3. The maximum absolute atomic E-state index is 10.1. The SMILES string of the molecule is Cc1ccc(-n2cc(CC(C)(C)O)c(CC(C)(C)O)c2)cc1. The molecule has 0 amide bonds. The van der Waals surface area contributed by atoms with Crippen molar-refractivity contribution in [1.82, 2.24) is 4.57 Å². The highest BCUT2D eigenvalue weighted by Crippen LogP contribution is 2.24. The zero-order valence-corrected chi connectivity index (χ0v) is 14.2. The number of rotatable bonds is 5. The van der Waals surface area contributed by atoms with E-state index in [2.05, 4.69) is 48.1 Å². The van der Waals surface area contributed by atoms with Gasteiger partial charge in [-0.2, -0.15) is 0 Å². The molecule has 0 unspecified atom stereocenters. The van der Waals surface area contributed by atoms with Crippen molar-refractivity contribution in [2.24, 2.45) is 0 Å². The molecule has 3 nitrogen and oxygen atoms in total. The summed E-state index contributed by atoms with van der Waals surface area (Å²) in [6.07, 6.45) is 5.25. The van der Waals surface area contributed by atoms with Crippen molar-refractivity contribution in [3.05, 3.63) is 53.3 Å². The molecule has 0 aliphatic rings. The second-order valence-electron chi connectivity index (χ2n) is 7.53. The molecule has 1 aromatic carbocycles. The van der Waals surface area contributed by atoms with Gasteiger partial charge in [-0.3, -0.25) is 0 Å². The Bertz CT molecular complexity index is 591. The lowest BCUT2D eigenvalue weighted by Crippen LogP contribution is -2.25. The van der Waals surface area contributed by atoms with Gasteiger partial charge in [-0.05, 0) is 57.9 Å². The third kappa shape index (κ3) is 4.72. The summed E-state index contributed by atoms with van der Waals surface area (Å²) in [7, 11) is 0. The summed E-state index contributed by atoms with van der Waals surface area (Å²) in [6, 6.07) is 8.33. The van der Waals surface area contributed by atoms with E-state index in [-0.39, 0.29) is 0 Å². The van der Waals surface area contributed by atoms with Crippen molar-refractivity contribution < 1.29 is 10.2 Å². The molecule has 0 atom stereocenters. The number of aliphatic hydroxyl groups is 2. The lowest BCUT2D eigenvalue weighted by Gasteiger charge is -2.20. The van der Waals surface area contributed by atoms with Gasteiger partial charge in [0.05, 0.1) is 11.2 Å². The first-order valence-electron chi connectivity index (χ1n) is 7.75. The van der Waals surface area contributed by atoms with Crippen LogP contribution in [-0.2, 0) is 12.8 Å². The minimum absolute atomic E-state index is 0.567. The van der Waals surface area contributed by atoms with Crippen molar-refractivity contribution in [3.8, 4) is 5.69 Å². The maximum atomic E-state index is 10.1. The Morgan fingerprint density at radius 3 is 1.59 bits per heavy atom. The van der Waals surface area contributed by atoms with Gasteiger partial charge in [-0.25, -0.2) is 0 Å². The van der Waals surface area contributed by atoms with Gasteiger partial charge in [-0.1, -0.05) is 17.7 Å². The molecule has 120 valence electrons. The minimum Gasteiger partial charge on any atom is -0.390 e. The third-order valence-electron chi connectivity index (χ3n) is 3.58. The van der Waals surface area contributed by atoms with Crippen molar-refractivity contribution >= 4 is 0 Å². The normalized spacial score (nSPS) is 12.7. The second kappa shape index (κ2) is 5.90. The van der Waals surface area contributed by atoms with Crippen molar-refractivity contribution in [2.75, 3.05) is 0 Å². The Hall–Kier alpha value is -1.58. The van der Waals surface area contributed by atoms with Gasteiger partial charge in [0.1, 0.15) is 0 Å². The van der Waals surface area contributed by atoms with Gasteiger partial charge in [0.25, 0.3) is 0 Å². The van der Waals surface area contributed by atoms with Crippen LogP contribution in [0.3, 0.4) is 0 Å². The van der Waals surface area contributed by atoms with E-state index in [9.17, 15) is 10.2 Å². The molecule has 0 saturated heterocycles. The quantitative estimate of drug-likeness (QED) is 0.889. The third-order valence-corrected chi connectivity index (χ3v) is 3.58. The average molecular weight is 301 g/mol. The molecule has 1 aromatic heterocycles. The van der Waals surface area contributed by atoms with Crippen LogP contribution in [0.15, 0.2) is 36.7 Å². The Morgan fingerprint density at radius 2 is 1.23 bits per heavy atom. The molecule has 2 N–H and O–H groups in total. The molecule has 22 heavy (non-hydrogen) atoms. The Kier molecular flexibility index (Phi) is 4.50. The van der Waals surface area contributed by atoms with E-state index in [0.29, 0.717) is 12.8 Å². The molecular formula is C19H27NO2. The molecule has 1 heterocycles. The summed E-state index contributed by atoms with van der Waals surface area (Å²) in [4.78, 5) is 0. The van der Waals surface area contributed by atoms with Crippen molar-refractivity contribution in [2.45, 2.75) is 58.7 Å². The van der Waals surface area contributed by atoms with E-state index in [1.54, 1.807) is 0 Å². The molecule has 0 radical (unpaired) electrons. The molecule has 2 aromatic rings. The summed E-state index contributed by atoms with van der Waals surface area (Å²) < 4.78 is 2.07. The van der Waals surface area contributed by atoms with E-state index in [0.717, 1.165) is 16.8 Å². The monoisotopic (exact) mass is 301 g/mol. The Balaban J connectivity index is 2.40. The summed E-state index contributed by atoms with van der Waals surface area (Å²) >= 11 is 0. The van der Waals surface area contributed by atoms with Crippen LogP contribution in [-0.4, -0.2) is 26.0 Å². The molecule has 0 saturated carbocycles. The smallest absolute Gasteiger partial charge is 0.0632 e. The van der Waals surface area contributed by atoms with Crippen LogP contribution in [0.1, 0.15) is 44.4 Å². The van der Waals surface area contributed by atoms with Crippen LogP contribution in [0.5, 0.6) is 0 Å². The lowest BCUT2D eigenvalue weighted by atomic mass is 9.92. The molecule has 0 aliphatic heterocycles.